The normalized spacial score (nSPS) is 11.9. The van der Waals surface area contributed by atoms with Gasteiger partial charge in [-0.05, 0) is 39.8 Å². The molecule has 0 aliphatic carbocycles. The first-order valence-electron chi connectivity index (χ1n) is 8.50. The van der Waals surface area contributed by atoms with Crippen molar-refractivity contribution >= 4 is 11.9 Å². The van der Waals surface area contributed by atoms with Gasteiger partial charge in [0.05, 0.1) is 13.1 Å². The molecule has 26 heavy (non-hydrogen) atoms. The van der Waals surface area contributed by atoms with E-state index < -0.39 is 11.6 Å². The molecule has 1 rings (SSSR count). The van der Waals surface area contributed by atoms with Crippen LogP contribution in [0.25, 0.3) is 0 Å². The largest absolute Gasteiger partial charge is 0.492 e. The van der Waals surface area contributed by atoms with Crippen molar-refractivity contribution in [1.29, 1.82) is 0 Å². The second kappa shape index (κ2) is 9.94. The molecule has 0 heterocycles. The maximum Gasteiger partial charge on any atom is 0.240 e. The van der Waals surface area contributed by atoms with Crippen LogP contribution < -0.4 is 15.4 Å². The molecular weight excluding hydrogens is 342 g/mol. The molecule has 0 spiro atoms. The van der Waals surface area contributed by atoms with Crippen LogP contribution in [-0.4, -0.2) is 55.6 Å². The number of benzene rings is 1. The summed E-state index contributed by atoms with van der Waals surface area (Å²) < 4.78 is 31.4. The summed E-state index contributed by atoms with van der Waals surface area (Å²) in [4.78, 5) is 18.1. The topological polar surface area (TPSA) is 66.0 Å². The number of nitrogens with one attached hydrogen (secondary N) is 2. The summed E-state index contributed by atoms with van der Waals surface area (Å²) in [6.07, 6.45) is 0. The number of aliphatic imine (C=N–C) groups is 1. The van der Waals surface area contributed by atoms with Crippen molar-refractivity contribution in [3.63, 3.8) is 0 Å². The second-order valence-electron chi connectivity index (χ2n) is 6.81. The van der Waals surface area contributed by atoms with Crippen molar-refractivity contribution in [2.75, 3.05) is 33.3 Å². The van der Waals surface area contributed by atoms with Crippen molar-refractivity contribution in [3.8, 4) is 5.75 Å². The second-order valence-corrected chi connectivity index (χ2v) is 6.81. The number of nitrogens with zero attached hydrogens (tertiary/aromatic N) is 2. The smallest absolute Gasteiger partial charge is 0.240 e. The molecule has 0 saturated heterocycles. The van der Waals surface area contributed by atoms with Crippen molar-refractivity contribution in [1.82, 2.24) is 15.5 Å². The van der Waals surface area contributed by atoms with E-state index in [-0.39, 0.29) is 30.3 Å². The standard InChI is InChI=1S/C18H28F2N4O2/c1-6-21-17(24(5)12-16(25)23-18(2,3)4)22-9-10-26-13-7-8-14(19)15(20)11-13/h7-8,11H,6,9-10,12H2,1-5H3,(H,21,22)(H,23,25). The first-order valence-corrected chi connectivity index (χ1v) is 8.50. The van der Waals surface area contributed by atoms with E-state index in [2.05, 4.69) is 15.6 Å². The number of halogens is 2. The van der Waals surface area contributed by atoms with E-state index in [0.717, 1.165) is 12.1 Å². The maximum absolute atomic E-state index is 13.1. The van der Waals surface area contributed by atoms with E-state index in [0.29, 0.717) is 19.0 Å². The Labute approximate surface area is 153 Å². The van der Waals surface area contributed by atoms with E-state index in [9.17, 15) is 13.6 Å². The highest BCUT2D eigenvalue weighted by Gasteiger charge is 2.16. The van der Waals surface area contributed by atoms with E-state index in [4.69, 9.17) is 4.74 Å². The van der Waals surface area contributed by atoms with E-state index in [1.165, 1.54) is 6.07 Å². The molecule has 146 valence electrons. The van der Waals surface area contributed by atoms with Gasteiger partial charge in [0.2, 0.25) is 5.91 Å². The Balaban J connectivity index is 2.56. The van der Waals surface area contributed by atoms with Crippen LogP contribution >= 0.6 is 0 Å². The molecule has 6 nitrogen and oxygen atoms in total. The first-order chi connectivity index (χ1) is 12.1. The van der Waals surface area contributed by atoms with Crippen molar-refractivity contribution in [2.45, 2.75) is 33.2 Å². The molecule has 0 saturated carbocycles. The lowest BCUT2D eigenvalue weighted by Crippen LogP contribution is -2.48. The average molecular weight is 370 g/mol. The van der Waals surface area contributed by atoms with Gasteiger partial charge in [0.1, 0.15) is 12.4 Å². The quantitative estimate of drug-likeness (QED) is 0.439. The Bertz CT molecular complexity index is 630. The fraction of sp³-hybridized carbons (Fsp3) is 0.556. The molecule has 2 N–H and O–H groups in total. The van der Waals surface area contributed by atoms with E-state index >= 15 is 0 Å². The predicted octanol–water partition coefficient (Wildman–Crippen LogP) is 2.16. The fourth-order valence-corrected chi connectivity index (χ4v) is 2.10. The minimum absolute atomic E-state index is 0.108. The molecule has 0 fully saturated rings. The Kier molecular flexibility index (Phi) is 8.28. The number of ether oxygens (including phenoxy) is 1. The number of hydrogen-bond acceptors (Lipinski definition) is 3. The van der Waals surface area contributed by atoms with Gasteiger partial charge in [0, 0.05) is 25.2 Å². The average Bonchev–Trinajstić information content (AvgIpc) is 2.51. The van der Waals surface area contributed by atoms with Gasteiger partial charge < -0.3 is 20.3 Å². The number of hydrogen-bond donors (Lipinski definition) is 2. The van der Waals surface area contributed by atoms with Crippen LogP contribution in [0.5, 0.6) is 5.75 Å². The first kappa shape index (κ1) is 21.7. The summed E-state index contributed by atoms with van der Waals surface area (Å²) in [5.74, 6) is -1.18. The molecule has 0 aliphatic heterocycles. The molecule has 0 atom stereocenters. The summed E-state index contributed by atoms with van der Waals surface area (Å²) in [5, 5.41) is 5.99. The SMILES string of the molecule is CCNC(=NCCOc1ccc(F)c(F)c1)N(C)CC(=O)NC(C)(C)C. The van der Waals surface area contributed by atoms with Crippen LogP contribution in [0.4, 0.5) is 8.78 Å². The van der Waals surface area contributed by atoms with Crippen LogP contribution in [0.1, 0.15) is 27.7 Å². The van der Waals surface area contributed by atoms with Gasteiger partial charge in [0.15, 0.2) is 17.6 Å². The summed E-state index contributed by atoms with van der Waals surface area (Å²) in [7, 11) is 1.76. The molecular formula is C18H28F2N4O2. The Morgan fingerprint density at radius 2 is 1.96 bits per heavy atom. The molecule has 0 aromatic heterocycles. The Hall–Kier alpha value is -2.38. The minimum Gasteiger partial charge on any atom is -0.492 e. The molecule has 1 amide bonds. The van der Waals surface area contributed by atoms with Gasteiger partial charge in [-0.25, -0.2) is 13.8 Å². The highest BCUT2D eigenvalue weighted by molar-refractivity contribution is 5.86. The third-order valence-corrected chi connectivity index (χ3v) is 3.10. The van der Waals surface area contributed by atoms with Crippen molar-refractivity contribution in [3.05, 3.63) is 29.8 Å². The van der Waals surface area contributed by atoms with Crippen molar-refractivity contribution in [2.24, 2.45) is 4.99 Å². The zero-order valence-electron chi connectivity index (χ0n) is 16.0. The van der Waals surface area contributed by atoms with Gasteiger partial charge >= 0.3 is 0 Å². The lowest BCUT2D eigenvalue weighted by molar-refractivity contribution is -0.122. The lowest BCUT2D eigenvalue weighted by Gasteiger charge is -2.25. The molecule has 0 aliphatic rings. The molecule has 0 radical (unpaired) electrons. The van der Waals surface area contributed by atoms with Crippen LogP contribution in [0.2, 0.25) is 0 Å². The summed E-state index contributed by atoms with van der Waals surface area (Å²) in [5.41, 5.74) is -0.300. The lowest BCUT2D eigenvalue weighted by atomic mass is 10.1. The van der Waals surface area contributed by atoms with Gasteiger partial charge in [0.25, 0.3) is 0 Å². The van der Waals surface area contributed by atoms with Crippen LogP contribution in [0.15, 0.2) is 23.2 Å². The van der Waals surface area contributed by atoms with Gasteiger partial charge in [-0.2, -0.15) is 0 Å². The number of rotatable bonds is 7. The maximum atomic E-state index is 13.1. The van der Waals surface area contributed by atoms with Gasteiger partial charge in [-0.15, -0.1) is 0 Å². The zero-order valence-corrected chi connectivity index (χ0v) is 16.0. The highest BCUT2D eigenvalue weighted by atomic mass is 19.2. The summed E-state index contributed by atoms with van der Waals surface area (Å²) in [6, 6.07) is 3.36. The molecule has 0 unspecified atom stereocenters. The van der Waals surface area contributed by atoms with Crippen molar-refractivity contribution < 1.29 is 18.3 Å². The van der Waals surface area contributed by atoms with E-state index in [1.807, 2.05) is 27.7 Å². The Morgan fingerprint density at radius 3 is 2.54 bits per heavy atom. The number of amides is 1. The Morgan fingerprint density at radius 1 is 1.27 bits per heavy atom. The number of carbonyl (C=O) groups excluding carboxylic acids is 1. The van der Waals surface area contributed by atoms with Gasteiger partial charge in [-0.1, -0.05) is 0 Å². The number of likely N-dealkylation sites (N-methyl/N-ethyl adjacent to an activating group) is 1. The van der Waals surface area contributed by atoms with Crippen LogP contribution in [-0.2, 0) is 4.79 Å². The predicted molar refractivity (Wildman–Crippen MR) is 98.4 cm³/mol. The fourth-order valence-electron chi connectivity index (χ4n) is 2.10. The molecule has 8 heteroatoms. The van der Waals surface area contributed by atoms with Crippen LogP contribution in [0, 0.1) is 11.6 Å². The van der Waals surface area contributed by atoms with E-state index in [1.54, 1.807) is 11.9 Å². The number of guanidine groups is 1. The monoisotopic (exact) mass is 370 g/mol. The molecule has 1 aromatic carbocycles. The third kappa shape index (κ3) is 8.13. The summed E-state index contributed by atoms with van der Waals surface area (Å²) >= 11 is 0. The van der Waals surface area contributed by atoms with Gasteiger partial charge in [-0.3, -0.25) is 4.79 Å². The minimum atomic E-state index is -0.955. The zero-order chi connectivity index (χ0) is 19.7. The number of carbonyl (C=O) groups is 1. The summed E-state index contributed by atoms with van der Waals surface area (Å²) in [6.45, 7) is 8.98. The third-order valence-electron chi connectivity index (χ3n) is 3.10. The molecule has 0 bridgehead atoms. The molecule has 1 aromatic rings. The highest BCUT2D eigenvalue weighted by Crippen LogP contribution is 2.15. The van der Waals surface area contributed by atoms with Crippen LogP contribution in [0.3, 0.4) is 0 Å².